The number of hydrogen-bond donors (Lipinski definition) is 1. The van der Waals surface area contributed by atoms with Gasteiger partial charge in [0.25, 0.3) is 0 Å². The number of allylic oxidation sites excluding steroid dienone is 4. The summed E-state index contributed by atoms with van der Waals surface area (Å²) < 4.78 is 40.2. The lowest BCUT2D eigenvalue weighted by Crippen LogP contribution is -2.33. The van der Waals surface area contributed by atoms with Crippen LogP contribution in [-0.4, -0.2) is 40.3 Å². The second-order valence-electron chi connectivity index (χ2n) is 8.08. The second-order valence-corrected chi connectivity index (χ2v) is 8.08. The van der Waals surface area contributed by atoms with Gasteiger partial charge in [0.15, 0.2) is 5.69 Å². The SMILES string of the molecule is Cc1cnc(N2C[C@H]3CC(C4C=CC=CC4C(F)(F)F)C[C@H]3C2)nc1C(=O)O. The zero-order valence-corrected chi connectivity index (χ0v) is 15.4. The van der Waals surface area contributed by atoms with Crippen LogP contribution in [0.25, 0.3) is 0 Å². The zero-order chi connectivity index (χ0) is 20.1. The van der Waals surface area contributed by atoms with Crippen LogP contribution in [0, 0.1) is 36.5 Å². The summed E-state index contributed by atoms with van der Waals surface area (Å²) in [5, 5.41) is 9.25. The average Bonchev–Trinajstić information content (AvgIpc) is 3.20. The van der Waals surface area contributed by atoms with Crippen LogP contribution in [0.3, 0.4) is 0 Å². The number of aromatic carboxylic acids is 1. The number of carbonyl (C=O) groups is 1. The summed E-state index contributed by atoms with van der Waals surface area (Å²) in [6, 6.07) is 0. The number of rotatable bonds is 3. The molecule has 4 rings (SSSR count). The maximum atomic E-state index is 13.4. The van der Waals surface area contributed by atoms with E-state index in [1.807, 2.05) is 4.90 Å². The highest BCUT2D eigenvalue weighted by molar-refractivity contribution is 5.87. The lowest BCUT2D eigenvalue weighted by atomic mass is 9.77. The molecule has 1 saturated carbocycles. The van der Waals surface area contributed by atoms with E-state index >= 15 is 0 Å². The molecule has 1 aromatic rings. The van der Waals surface area contributed by atoms with Crippen LogP contribution in [0.5, 0.6) is 0 Å². The van der Waals surface area contributed by atoms with Crippen LogP contribution >= 0.6 is 0 Å². The van der Waals surface area contributed by atoms with Gasteiger partial charge in [-0.2, -0.15) is 13.2 Å². The fraction of sp³-hybridized carbons (Fsp3) is 0.550. The van der Waals surface area contributed by atoms with Gasteiger partial charge in [-0.3, -0.25) is 0 Å². The molecule has 2 fully saturated rings. The van der Waals surface area contributed by atoms with Crippen molar-refractivity contribution >= 4 is 11.9 Å². The molecule has 5 nitrogen and oxygen atoms in total. The molecule has 2 heterocycles. The molecule has 3 unspecified atom stereocenters. The number of carboxylic acids is 1. The van der Waals surface area contributed by atoms with Crippen LogP contribution in [0.1, 0.15) is 28.9 Å². The van der Waals surface area contributed by atoms with E-state index in [0.29, 0.717) is 24.6 Å². The van der Waals surface area contributed by atoms with E-state index in [1.54, 1.807) is 19.1 Å². The maximum absolute atomic E-state index is 13.4. The quantitative estimate of drug-likeness (QED) is 0.845. The highest BCUT2D eigenvalue weighted by atomic mass is 19.4. The lowest BCUT2D eigenvalue weighted by molar-refractivity contribution is -0.174. The van der Waals surface area contributed by atoms with Crippen LogP contribution in [0.4, 0.5) is 19.1 Å². The molecule has 0 radical (unpaired) electrons. The van der Waals surface area contributed by atoms with Gasteiger partial charge < -0.3 is 10.0 Å². The number of halogens is 3. The predicted molar refractivity (Wildman–Crippen MR) is 97.0 cm³/mol. The molecule has 0 amide bonds. The van der Waals surface area contributed by atoms with Crippen molar-refractivity contribution in [3.05, 3.63) is 41.8 Å². The van der Waals surface area contributed by atoms with Crippen molar-refractivity contribution in [1.29, 1.82) is 0 Å². The lowest BCUT2D eigenvalue weighted by Gasteiger charge is -2.31. The first kappa shape index (κ1) is 19.0. The molecule has 3 aliphatic rings. The van der Waals surface area contributed by atoms with Gasteiger partial charge in [0.2, 0.25) is 5.95 Å². The molecule has 8 heteroatoms. The summed E-state index contributed by atoms with van der Waals surface area (Å²) in [6.07, 6.45) is 4.97. The smallest absolute Gasteiger partial charge is 0.395 e. The molecule has 0 spiro atoms. The van der Waals surface area contributed by atoms with E-state index in [0.717, 1.165) is 12.8 Å². The van der Waals surface area contributed by atoms with Crippen LogP contribution < -0.4 is 4.90 Å². The van der Waals surface area contributed by atoms with Crippen LogP contribution in [0.15, 0.2) is 30.5 Å². The Labute approximate surface area is 161 Å². The normalized spacial score (nSPS) is 32.0. The van der Waals surface area contributed by atoms with Crippen LogP contribution in [-0.2, 0) is 0 Å². The van der Waals surface area contributed by atoms with Gasteiger partial charge in [0.05, 0.1) is 5.92 Å². The van der Waals surface area contributed by atoms with Gasteiger partial charge >= 0.3 is 12.1 Å². The number of anilines is 1. The van der Waals surface area contributed by atoms with Crippen molar-refractivity contribution in [2.24, 2.45) is 29.6 Å². The van der Waals surface area contributed by atoms with E-state index in [2.05, 4.69) is 9.97 Å². The molecule has 1 aromatic heterocycles. The summed E-state index contributed by atoms with van der Waals surface area (Å²) in [5.41, 5.74) is 0.498. The Morgan fingerprint density at radius 3 is 2.39 bits per heavy atom. The Balaban J connectivity index is 1.45. The number of aryl methyl sites for hydroxylation is 1. The largest absolute Gasteiger partial charge is 0.476 e. The molecule has 150 valence electrons. The third-order valence-electron chi connectivity index (χ3n) is 6.33. The molecule has 0 bridgehead atoms. The van der Waals surface area contributed by atoms with Gasteiger partial charge in [-0.1, -0.05) is 24.3 Å². The average molecular weight is 393 g/mol. The Kier molecular flexibility index (Phi) is 4.67. The summed E-state index contributed by atoms with van der Waals surface area (Å²) in [6.45, 7) is 2.97. The molecule has 1 aliphatic heterocycles. The Hall–Kier alpha value is -2.38. The van der Waals surface area contributed by atoms with Crippen molar-refractivity contribution in [3.8, 4) is 0 Å². The molecule has 5 atom stereocenters. The van der Waals surface area contributed by atoms with Gasteiger partial charge in [0, 0.05) is 24.8 Å². The third-order valence-corrected chi connectivity index (χ3v) is 6.33. The Morgan fingerprint density at radius 2 is 1.79 bits per heavy atom. The predicted octanol–water partition coefficient (Wildman–Crippen LogP) is 3.87. The Morgan fingerprint density at radius 1 is 1.14 bits per heavy atom. The summed E-state index contributed by atoms with van der Waals surface area (Å²) in [5.74, 6) is -2.01. The van der Waals surface area contributed by atoms with Gasteiger partial charge in [-0.15, -0.1) is 0 Å². The minimum Gasteiger partial charge on any atom is -0.476 e. The molecule has 2 aliphatic carbocycles. The standard InChI is InChI=1S/C20H22F3N3O2/c1-11-8-24-19(25-17(11)18(27)28)26-9-13-6-12(7-14(13)10-26)15-4-2-3-5-16(15)20(21,22)23/h2-5,8,12-16H,6-7,9-10H2,1H3,(H,27,28)/t12?,13-,14+,15?,16?. The van der Waals surface area contributed by atoms with Crippen molar-refractivity contribution in [2.75, 3.05) is 18.0 Å². The molecule has 1 saturated heterocycles. The number of nitrogens with zero attached hydrogens (tertiary/aromatic N) is 3. The van der Waals surface area contributed by atoms with Crippen molar-refractivity contribution < 1.29 is 23.1 Å². The van der Waals surface area contributed by atoms with Crippen LogP contribution in [0.2, 0.25) is 0 Å². The fourth-order valence-electron chi connectivity index (χ4n) is 5.03. The summed E-state index contributed by atoms with van der Waals surface area (Å²) in [4.78, 5) is 21.7. The topological polar surface area (TPSA) is 66.3 Å². The van der Waals surface area contributed by atoms with E-state index in [4.69, 9.17) is 0 Å². The number of aromatic nitrogens is 2. The maximum Gasteiger partial charge on any atom is 0.395 e. The van der Waals surface area contributed by atoms with E-state index < -0.39 is 24.0 Å². The van der Waals surface area contributed by atoms with Gasteiger partial charge in [-0.05, 0) is 43.4 Å². The number of carboxylic acid groups (broad SMARTS) is 1. The minimum absolute atomic E-state index is 0.00733. The molecular weight excluding hydrogens is 371 g/mol. The van der Waals surface area contributed by atoms with E-state index in [-0.39, 0.29) is 23.4 Å². The Bertz CT molecular complexity index is 822. The number of alkyl halides is 3. The fourth-order valence-corrected chi connectivity index (χ4v) is 5.03. The van der Waals surface area contributed by atoms with Crippen molar-refractivity contribution in [3.63, 3.8) is 0 Å². The summed E-state index contributed by atoms with van der Waals surface area (Å²) in [7, 11) is 0. The number of fused-ring (bicyclic) bond motifs is 1. The van der Waals surface area contributed by atoms with E-state index in [1.165, 1.54) is 18.3 Å². The monoisotopic (exact) mass is 393 g/mol. The highest BCUT2D eigenvalue weighted by Crippen LogP contribution is 2.50. The molecule has 0 aromatic carbocycles. The first-order chi connectivity index (χ1) is 13.2. The molecule has 1 N–H and O–H groups in total. The van der Waals surface area contributed by atoms with E-state index in [9.17, 15) is 23.1 Å². The van der Waals surface area contributed by atoms with Gasteiger partial charge in [0.1, 0.15) is 0 Å². The second kappa shape index (κ2) is 6.90. The van der Waals surface area contributed by atoms with Gasteiger partial charge in [-0.25, -0.2) is 14.8 Å². The highest BCUT2D eigenvalue weighted by Gasteiger charge is 2.50. The summed E-state index contributed by atoms with van der Waals surface area (Å²) >= 11 is 0. The van der Waals surface area contributed by atoms with Crippen molar-refractivity contribution in [2.45, 2.75) is 25.9 Å². The minimum atomic E-state index is -4.22. The first-order valence-corrected chi connectivity index (χ1v) is 9.47. The third kappa shape index (κ3) is 3.40. The molecular formula is C20H22F3N3O2. The first-order valence-electron chi connectivity index (χ1n) is 9.47. The zero-order valence-electron chi connectivity index (χ0n) is 15.4. The number of hydrogen-bond acceptors (Lipinski definition) is 4. The van der Waals surface area contributed by atoms with Crippen molar-refractivity contribution in [1.82, 2.24) is 9.97 Å². The molecule has 28 heavy (non-hydrogen) atoms.